The van der Waals surface area contributed by atoms with Gasteiger partial charge in [-0.05, 0) is 26.3 Å². The fraction of sp³-hybridized carbons (Fsp3) is 0.778. The number of hydrogen-bond acceptors (Lipinski definition) is 0. The Morgan fingerprint density at radius 2 is 1.70 bits per heavy atom. The fourth-order valence-electron chi connectivity index (χ4n) is 0.852. The van der Waals surface area contributed by atoms with Gasteiger partial charge in [-0.25, -0.2) is 0 Å². The van der Waals surface area contributed by atoms with Crippen LogP contribution < -0.4 is 0 Å². The minimum Gasteiger partial charge on any atom is -0.325 e. The van der Waals surface area contributed by atoms with Crippen molar-refractivity contribution in [1.29, 1.82) is 0 Å². The molecule has 0 N–H and O–H groups in total. The zero-order valence-electron chi connectivity index (χ0n) is 8.10. The van der Waals surface area contributed by atoms with Crippen LogP contribution in [0.25, 0.3) is 0 Å². The number of likely N-dealkylation sites (N-methyl/N-ethyl adjacent to an activating group) is 1. The van der Waals surface area contributed by atoms with Crippen molar-refractivity contribution in [3.8, 4) is 0 Å². The highest BCUT2D eigenvalue weighted by Crippen LogP contribution is 2.11. The van der Waals surface area contributed by atoms with Crippen LogP contribution in [-0.2, 0) is 0 Å². The number of hydrogen-bond donors (Lipinski definition) is 0. The highest BCUT2D eigenvalue weighted by molar-refractivity contribution is 5.01. The number of allylic oxidation sites excluding steroid dienone is 1. The molecule has 0 aliphatic rings. The van der Waals surface area contributed by atoms with Crippen LogP contribution in [-0.4, -0.2) is 31.7 Å². The van der Waals surface area contributed by atoms with Gasteiger partial charge in [-0.15, -0.1) is 0 Å². The Morgan fingerprint density at radius 3 is 1.80 bits per heavy atom. The first-order chi connectivity index (χ1) is 4.39. The lowest BCUT2D eigenvalue weighted by molar-refractivity contribution is -0.888. The van der Waals surface area contributed by atoms with Crippen molar-refractivity contribution in [3.05, 3.63) is 11.6 Å². The van der Waals surface area contributed by atoms with E-state index >= 15 is 0 Å². The molecule has 0 aliphatic heterocycles. The van der Waals surface area contributed by atoms with Gasteiger partial charge in [0.15, 0.2) is 0 Å². The Kier molecular flexibility index (Phi) is 3.10. The number of quaternary nitrogens is 1. The molecule has 0 saturated carbocycles. The van der Waals surface area contributed by atoms with Gasteiger partial charge in [0, 0.05) is 0 Å². The van der Waals surface area contributed by atoms with Crippen LogP contribution in [0, 0.1) is 0 Å². The van der Waals surface area contributed by atoms with Crippen LogP contribution in [0.5, 0.6) is 0 Å². The van der Waals surface area contributed by atoms with E-state index in [0.29, 0.717) is 6.04 Å². The normalized spacial score (nSPS) is 17.2. The van der Waals surface area contributed by atoms with E-state index in [4.69, 9.17) is 0 Å². The molecule has 0 spiro atoms. The van der Waals surface area contributed by atoms with Crippen molar-refractivity contribution in [3.63, 3.8) is 0 Å². The van der Waals surface area contributed by atoms with Crippen LogP contribution in [0.3, 0.4) is 0 Å². The first-order valence-electron chi connectivity index (χ1n) is 3.83. The fourth-order valence-corrected chi connectivity index (χ4v) is 0.852. The summed E-state index contributed by atoms with van der Waals surface area (Å²) >= 11 is 0. The maximum Gasteiger partial charge on any atom is 0.107 e. The zero-order valence-corrected chi connectivity index (χ0v) is 8.10. The standard InChI is InChI=1S/C9H20N/c1-7-8(2)9(3)10(4,5)6/h7,9H,1-6H3/q+1. The minimum absolute atomic E-state index is 0.630. The van der Waals surface area contributed by atoms with Gasteiger partial charge in [0.25, 0.3) is 0 Å². The van der Waals surface area contributed by atoms with Crippen molar-refractivity contribution in [1.82, 2.24) is 0 Å². The third kappa shape index (κ3) is 2.53. The maximum atomic E-state index is 2.26. The Bertz CT molecular complexity index is 128. The molecule has 0 rings (SSSR count). The first-order valence-corrected chi connectivity index (χ1v) is 3.83. The topological polar surface area (TPSA) is 0 Å². The predicted octanol–water partition coefficient (Wildman–Crippen LogP) is 2.05. The highest BCUT2D eigenvalue weighted by atomic mass is 15.3. The average Bonchev–Trinajstić information content (AvgIpc) is 1.83. The summed E-state index contributed by atoms with van der Waals surface area (Å²) in [5, 5.41) is 0. The van der Waals surface area contributed by atoms with Crippen LogP contribution in [0.15, 0.2) is 11.6 Å². The molecule has 0 aromatic carbocycles. The van der Waals surface area contributed by atoms with Crippen molar-refractivity contribution < 1.29 is 4.48 Å². The van der Waals surface area contributed by atoms with E-state index in [2.05, 4.69) is 48.0 Å². The molecule has 0 heterocycles. The van der Waals surface area contributed by atoms with E-state index in [1.165, 1.54) is 5.57 Å². The van der Waals surface area contributed by atoms with Gasteiger partial charge in [0.2, 0.25) is 0 Å². The van der Waals surface area contributed by atoms with Gasteiger partial charge >= 0.3 is 0 Å². The SMILES string of the molecule is CC=C(C)C(C)[N+](C)(C)C. The Morgan fingerprint density at radius 1 is 1.30 bits per heavy atom. The summed E-state index contributed by atoms with van der Waals surface area (Å²) < 4.78 is 1.01. The molecule has 10 heavy (non-hydrogen) atoms. The van der Waals surface area contributed by atoms with Crippen LogP contribution >= 0.6 is 0 Å². The molecule has 0 fully saturated rings. The van der Waals surface area contributed by atoms with Crippen molar-refractivity contribution >= 4 is 0 Å². The molecule has 1 unspecified atom stereocenters. The van der Waals surface area contributed by atoms with Crippen molar-refractivity contribution in [2.24, 2.45) is 0 Å². The highest BCUT2D eigenvalue weighted by Gasteiger charge is 2.18. The zero-order chi connectivity index (χ0) is 8.36. The van der Waals surface area contributed by atoms with Gasteiger partial charge < -0.3 is 4.48 Å². The molecule has 0 saturated heterocycles. The van der Waals surface area contributed by atoms with Crippen molar-refractivity contribution in [2.45, 2.75) is 26.8 Å². The molecule has 0 aromatic rings. The van der Waals surface area contributed by atoms with E-state index in [9.17, 15) is 0 Å². The molecular formula is C9H20N+. The van der Waals surface area contributed by atoms with E-state index in [-0.39, 0.29) is 0 Å². The second kappa shape index (κ2) is 3.20. The smallest absolute Gasteiger partial charge is 0.107 e. The van der Waals surface area contributed by atoms with E-state index in [0.717, 1.165) is 4.48 Å². The minimum atomic E-state index is 0.630. The average molecular weight is 142 g/mol. The van der Waals surface area contributed by atoms with E-state index in [1.54, 1.807) is 0 Å². The largest absolute Gasteiger partial charge is 0.325 e. The third-order valence-corrected chi connectivity index (χ3v) is 2.28. The lowest BCUT2D eigenvalue weighted by Crippen LogP contribution is -2.43. The van der Waals surface area contributed by atoms with Gasteiger partial charge in [0.1, 0.15) is 6.04 Å². The summed E-state index contributed by atoms with van der Waals surface area (Å²) in [4.78, 5) is 0. The Balaban J connectivity index is 4.23. The van der Waals surface area contributed by atoms with Crippen LogP contribution in [0.4, 0.5) is 0 Å². The Hall–Kier alpha value is -0.300. The van der Waals surface area contributed by atoms with Crippen LogP contribution in [0.1, 0.15) is 20.8 Å². The van der Waals surface area contributed by atoms with E-state index in [1.807, 2.05) is 0 Å². The summed E-state index contributed by atoms with van der Waals surface area (Å²) in [6.45, 7) is 6.55. The molecule has 0 bridgehead atoms. The summed E-state index contributed by atoms with van der Waals surface area (Å²) in [6, 6.07) is 0.630. The molecule has 0 aromatic heterocycles. The molecule has 0 amide bonds. The van der Waals surface area contributed by atoms with Gasteiger partial charge in [-0.1, -0.05) is 6.08 Å². The van der Waals surface area contributed by atoms with Gasteiger partial charge in [-0.2, -0.15) is 0 Å². The summed E-state index contributed by atoms with van der Waals surface area (Å²) in [7, 11) is 6.66. The molecule has 60 valence electrons. The summed E-state index contributed by atoms with van der Waals surface area (Å²) in [5.74, 6) is 0. The third-order valence-electron chi connectivity index (χ3n) is 2.28. The summed E-state index contributed by atoms with van der Waals surface area (Å²) in [5.41, 5.74) is 1.47. The lowest BCUT2D eigenvalue weighted by Gasteiger charge is -2.32. The molecule has 1 nitrogen and oxygen atoms in total. The van der Waals surface area contributed by atoms with Crippen molar-refractivity contribution in [2.75, 3.05) is 21.1 Å². The van der Waals surface area contributed by atoms with Gasteiger partial charge in [-0.3, -0.25) is 0 Å². The number of rotatable bonds is 2. The molecule has 1 atom stereocenters. The maximum absolute atomic E-state index is 2.26. The molecule has 0 aliphatic carbocycles. The van der Waals surface area contributed by atoms with E-state index < -0.39 is 0 Å². The number of nitrogens with zero attached hydrogens (tertiary/aromatic N) is 1. The van der Waals surface area contributed by atoms with Crippen LogP contribution in [0.2, 0.25) is 0 Å². The lowest BCUT2D eigenvalue weighted by atomic mass is 10.1. The summed E-state index contributed by atoms with van der Waals surface area (Å²) in [6.07, 6.45) is 2.19. The van der Waals surface area contributed by atoms with Gasteiger partial charge in [0.05, 0.1) is 21.1 Å². The molecule has 1 heteroatoms. The quantitative estimate of drug-likeness (QED) is 0.409. The molecular weight excluding hydrogens is 122 g/mol. The second-order valence-electron chi connectivity index (χ2n) is 3.82. The monoisotopic (exact) mass is 142 g/mol. The second-order valence-corrected chi connectivity index (χ2v) is 3.82. The predicted molar refractivity (Wildman–Crippen MR) is 46.9 cm³/mol. The first kappa shape index (κ1) is 9.70. The Labute approximate surface area is 64.9 Å². The molecule has 0 radical (unpaired) electrons.